The van der Waals surface area contributed by atoms with Crippen LogP contribution in [0.4, 0.5) is 36.4 Å². The van der Waals surface area contributed by atoms with E-state index in [1.54, 1.807) is 24.3 Å². The minimum Gasteiger partial charge on any atom is -0.505 e. The number of benzene rings is 2. The molecule has 5 rings (SSSR count). The number of aliphatic hydroxyl groups is 2. The van der Waals surface area contributed by atoms with Crippen LogP contribution in [0, 0.1) is 23.6 Å². The van der Waals surface area contributed by atoms with E-state index in [9.17, 15) is 55.6 Å². The van der Waals surface area contributed by atoms with E-state index in [0.29, 0.717) is 39.4 Å². The Balaban J connectivity index is 1.49. The first-order valence-electron chi connectivity index (χ1n) is 15.3. The largest absolute Gasteiger partial charge is 0.505 e. The SMILES string of the molecule is COCC1=C([C@H](O)CC/C(=C/c2ccc(O)c(F)c2)c2ccccn2)[C@H](CO)[C@@H]2C(=O)N(c3cc(C(F)(F)F)cc(C(F)(F)F)c3)C(=O)[C@@H]2C1. The van der Waals surface area contributed by atoms with Crippen LogP contribution in [0.3, 0.4) is 0 Å². The van der Waals surface area contributed by atoms with Gasteiger partial charge in [-0.3, -0.25) is 14.6 Å². The molecule has 0 spiro atoms. The zero-order valence-corrected chi connectivity index (χ0v) is 26.3. The molecular formula is C35H31F7N2O6. The van der Waals surface area contributed by atoms with Crippen LogP contribution in [-0.2, 0) is 26.7 Å². The molecule has 2 amide bonds. The Morgan fingerprint density at radius 2 is 1.70 bits per heavy atom. The summed E-state index contributed by atoms with van der Waals surface area (Å²) in [4.78, 5) is 32.1. The van der Waals surface area contributed by atoms with Gasteiger partial charge in [0.15, 0.2) is 11.6 Å². The van der Waals surface area contributed by atoms with Crippen molar-refractivity contribution < 1.29 is 60.4 Å². The fourth-order valence-corrected chi connectivity index (χ4v) is 6.68. The zero-order chi connectivity index (χ0) is 36.5. The van der Waals surface area contributed by atoms with Gasteiger partial charge in [0.2, 0.25) is 11.8 Å². The molecule has 0 unspecified atom stereocenters. The van der Waals surface area contributed by atoms with Crippen molar-refractivity contribution in [3.05, 3.63) is 100 Å². The Morgan fingerprint density at radius 1 is 1.02 bits per heavy atom. The molecule has 1 aliphatic heterocycles. The molecule has 2 aliphatic rings. The van der Waals surface area contributed by atoms with Gasteiger partial charge in [-0.2, -0.15) is 26.3 Å². The highest BCUT2D eigenvalue weighted by Crippen LogP contribution is 2.48. The van der Waals surface area contributed by atoms with E-state index in [1.807, 2.05) is 0 Å². The maximum absolute atomic E-state index is 14.1. The Labute approximate surface area is 281 Å². The third kappa shape index (κ3) is 7.44. The molecule has 15 heteroatoms. The lowest BCUT2D eigenvalue weighted by Gasteiger charge is -2.36. The van der Waals surface area contributed by atoms with Gasteiger partial charge in [0.1, 0.15) is 0 Å². The smallest absolute Gasteiger partial charge is 0.416 e. The van der Waals surface area contributed by atoms with Gasteiger partial charge in [0.05, 0.1) is 53.7 Å². The molecule has 50 heavy (non-hydrogen) atoms. The highest BCUT2D eigenvalue weighted by Gasteiger charge is 2.55. The first-order valence-corrected chi connectivity index (χ1v) is 15.3. The molecule has 3 N–H and O–H groups in total. The van der Waals surface area contributed by atoms with Gasteiger partial charge in [-0.25, -0.2) is 9.29 Å². The molecule has 2 aromatic carbocycles. The Bertz CT molecular complexity index is 1790. The number of aliphatic hydroxyl groups excluding tert-OH is 2. The molecule has 8 nitrogen and oxygen atoms in total. The van der Waals surface area contributed by atoms with E-state index in [4.69, 9.17) is 4.74 Å². The molecule has 4 atom stereocenters. The standard InChI is InChI=1S/C35H31F7N2O6/c1-50-17-20-12-24-31(33(49)44(32(24)48)23-14-21(34(37,38)39)13-22(15-23)35(40,41)42)25(16-45)30(20)29(47)8-6-19(27-4-2-3-9-43-27)10-18-5-7-28(46)26(36)11-18/h2-5,7,9-11,13-15,24-25,29,31,45-47H,6,8,12,16-17H2,1H3/b19-10-/t24-,25+,29-,31-/m1/s1. The van der Waals surface area contributed by atoms with Crippen molar-refractivity contribution in [2.75, 3.05) is 25.2 Å². The van der Waals surface area contributed by atoms with Crippen molar-refractivity contribution in [3.63, 3.8) is 0 Å². The topological polar surface area (TPSA) is 120 Å². The van der Waals surface area contributed by atoms with E-state index in [0.717, 1.165) is 6.07 Å². The van der Waals surface area contributed by atoms with Crippen molar-refractivity contribution in [2.45, 2.75) is 37.7 Å². The molecule has 266 valence electrons. The van der Waals surface area contributed by atoms with Crippen LogP contribution < -0.4 is 4.90 Å². The van der Waals surface area contributed by atoms with Crippen LogP contribution in [0.2, 0.25) is 0 Å². The monoisotopic (exact) mass is 708 g/mol. The number of aromatic nitrogens is 1. The number of nitrogens with zero attached hydrogens (tertiary/aromatic N) is 2. The number of hydrogen-bond donors (Lipinski definition) is 3. The third-order valence-electron chi connectivity index (χ3n) is 8.88. The number of methoxy groups -OCH3 is 1. The number of aromatic hydroxyl groups is 1. The number of fused-ring (bicyclic) bond motifs is 1. The minimum absolute atomic E-state index is 0.0478. The van der Waals surface area contributed by atoms with Gasteiger partial charge < -0.3 is 20.1 Å². The van der Waals surface area contributed by atoms with Crippen LogP contribution in [-0.4, -0.2) is 58.5 Å². The Hall–Kier alpha value is -4.60. The number of rotatable bonds is 10. The first kappa shape index (κ1) is 36.7. The van der Waals surface area contributed by atoms with E-state index in [-0.39, 0.29) is 37.5 Å². The lowest BCUT2D eigenvalue weighted by molar-refractivity contribution is -0.143. The molecule has 2 heterocycles. The summed E-state index contributed by atoms with van der Waals surface area (Å²) in [5.74, 6) is -7.49. The average Bonchev–Trinajstić information content (AvgIpc) is 3.31. The lowest BCUT2D eigenvalue weighted by Crippen LogP contribution is -2.39. The van der Waals surface area contributed by atoms with E-state index >= 15 is 0 Å². The number of hydrogen-bond acceptors (Lipinski definition) is 7. The predicted molar refractivity (Wildman–Crippen MR) is 165 cm³/mol. The molecule has 1 aliphatic carbocycles. The summed E-state index contributed by atoms with van der Waals surface area (Å²) in [6, 6.07) is 9.28. The summed E-state index contributed by atoms with van der Waals surface area (Å²) in [6.07, 6.45) is -8.86. The lowest BCUT2D eigenvalue weighted by atomic mass is 9.68. The summed E-state index contributed by atoms with van der Waals surface area (Å²) < 4.78 is 101. The summed E-state index contributed by atoms with van der Waals surface area (Å²) in [5, 5.41) is 31.7. The average molecular weight is 709 g/mol. The predicted octanol–water partition coefficient (Wildman–Crippen LogP) is 6.41. The van der Waals surface area contributed by atoms with Gasteiger partial charge >= 0.3 is 12.4 Å². The number of carbonyl (C=O) groups excluding carboxylic acids is 2. The molecule has 3 aromatic rings. The van der Waals surface area contributed by atoms with Gasteiger partial charge in [0, 0.05) is 19.2 Å². The zero-order valence-electron chi connectivity index (χ0n) is 26.3. The highest BCUT2D eigenvalue weighted by atomic mass is 19.4. The number of imide groups is 1. The second-order valence-corrected chi connectivity index (χ2v) is 12.0. The number of ether oxygens (including phenoxy) is 1. The van der Waals surface area contributed by atoms with Crippen LogP contribution in [0.5, 0.6) is 5.75 Å². The van der Waals surface area contributed by atoms with Crippen LogP contribution in [0.15, 0.2) is 71.9 Å². The number of phenolic OH excluding ortho intramolecular Hbond substituents is 1. The number of allylic oxidation sites excluding steroid dienone is 1. The molecule has 0 bridgehead atoms. The number of amides is 2. The number of pyridine rings is 1. The molecule has 1 fully saturated rings. The number of halogens is 7. The van der Waals surface area contributed by atoms with Crippen LogP contribution >= 0.6 is 0 Å². The van der Waals surface area contributed by atoms with Crippen molar-refractivity contribution in [3.8, 4) is 5.75 Å². The Morgan fingerprint density at radius 3 is 2.26 bits per heavy atom. The minimum atomic E-state index is -5.23. The molecule has 0 saturated carbocycles. The molecule has 1 aromatic heterocycles. The Kier molecular flexibility index (Phi) is 10.5. The van der Waals surface area contributed by atoms with Gasteiger partial charge in [-0.15, -0.1) is 0 Å². The third-order valence-corrected chi connectivity index (χ3v) is 8.88. The normalized spacial score (nSPS) is 20.8. The molecule has 0 radical (unpaired) electrons. The number of carbonyl (C=O) groups is 2. The van der Waals surface area contributed by atoms with Crippen molar-refractivity contribution in [1.82, 2.24) is 4.98 Å². The number of anilines is 1. The van der Waals surface area contributed by atoms with Crippen molar-refractivity contribution in [1.29, 1.82) is 0 Å². The fraction of sp³-hybridized carbons (Fsp3) is 0.343. The van der Waals surface area contributed by atoms with E-state index in [2.05, 4.69) is 4.98 Å². The van der Waals surface area contributed by atoms with Crippen LogP contribution in [0.1, 0.15) is 41.6 Å². The van der Waals surface area contributed by atoms with E-state index in [1.165, 1.54) is 25.4 Å². The highest BCUT2D eigenvalue weighted by molar-refractivity contribution is 6.22. The van der Waals surface area contributed by atoms with E-state index < -0.39 is 83.0 Å². The summed E-state index contributed by atoms with van der Waals surface area (Å²) >= 11 is 0. The van der Waals surface area contributed by atoms with Crippen molar-refractivity contribution in [2.24, 2.45) is 17.8 Å². The quantitative estimate of drug-likeness (QED) is 0.127. The van der Waals surface area contributed by atoms with Gasteiger partial charge in [-0.1, -0.05) is 12.1 Å². The molecular weight excluding hydrogens is 677 g/mol. The molecule has 1 saturated heterocycles. The second kappa shape index (κ2) is 14.3. The summed E-state index contributed by atoms with van der Waals surface area (Å²) in [5.41, 5.74) is -2.44. The summed E-state index contributed by atoms with van der Waals surface area (Å²) in [7, 11) is 1.32. The summed E-state index contributed by atoms with van der Waals surface area (Å²) in [6.45, 7) is -0.954. The fourth-order valence-electron chi connectivity index (χ4n) is 6.68. The van der Waals surface area contributed by atoms with Gasteiger partial charge in [0.25, 0.3) is 0 Å². The maximum Gasteiger partial charge on any atom is 0.416 e. The number of phenols is 1. The van der Waals surface area contributed by atoms with Gasteiger partial charge in [-0.05, 0) is 90.1 Å². The first-order chi connectivity index (χ1) is 23.5. The van der Waals surface area contributed by atoms with Crippen LogP contribution in [0.25, 0.3) is 11.6 Å². The number of alkyl halides is 6. The maximum atomic E-state index is 14.1. The van der Waals surface area contributed by atoms with Crippen molar-refractivity contribution >= 4 is 29.2 Å². The second-order valence-electron chi connectivity index (χ2n) is 12.0.